The van der Waals surface area contributed by atoms with Crippen molar-refractivity contribution in [2.75, 3.05) is 17.6 Å². The van der Waals surface area contributed by atoms with Crippen LogP contribution in [0.2, 0.25) is 0 Å². The van der Waals surface area contributed by atoms with Crippen LogP contribution >= 0.6 is 11.8 Å². The molecular weight excluding hydrogens is 259 g/mol. The number of hydrogen-bond acceptors (Lipinski definition) is 3. The highest BCUT2D eigenvalue weighted by Gasteiger charge is 2.36. The number of benzene rings is 1. The van der Waals surface area contributed by atoms with E-state index in [1.54, 1.807) is 13.0 Å². The van der Waals surface area contributed by atoms with Crippen molar-refractivity contribution in [2.45, 2.75) is 32.6 Å². The SMILES string of the molecule is Cc1cc(NC2=NCC3(CCCC3)CS2)ccc1F. The average molecular weight is 278 g/mol. The van der Waals surface area contributed by atoms with Crippen LogP contribution in [0.5, 0.6) is 0 Å². The summed E-state index contributed by atoms with van der Waals surface area (Å²) in [7, 11) is 0. The summed E-state index contributed by atoms with van der Waals surface area (Å²) in [6.07, 6.45) is 5.37. The second-order valence-corrected chi connectivity index (χ2v) is 6.67. The van der Waals surface area contributed by atoms with Gasteiger partial charge in [0.05, 0.1) is 0 Å². The fourth-order valence-electron chi connectivity index (χ4n) is 2.90. The lowest BCUT2D eigenvalue weighted by molar-refractivity contribution is 0.359. The zero-order valence-corrected chi connectivity index (χ0v) is 12.0. The van der Waals surface area contributed by atoms with Gasteiger partial charge in [0.1, 0.15) is 5.82 Å². The molecule has 3 rings (SSSR count). The van der Waals surface area contributed by atoms with E-state index in [0.717, 1.165) is 17.4 Å². The third-order valence-corrected chi connectivity index (χ3v) is 5.41. The molecule has 0 amide bonds. The van der Waals surface area contributed by atoms with Crippen LogP contribution in [0.3, 0.4) is 0 Å². The Morgan fingerprint density at radius 3 is 2.74 bits per heavy atom. The zero-order valence-electron chi connectivity index (χ0n) is 11.2. The van der Waals surface area contributed by atoms with Gasteiger partial charge in [0, 0.05) is 18.0 Å². The highest BCUT2D eigenvalue weighted by atomic mass is 32.2. The van der Waals surface area contributed by atoms with E-state index in [9.17, 15) is 4.39 Å². The van der Waals surface area contributed by atoms with E-state index in [-0.39, 0.29) is 5.82 Å². The lowest BCUT2D eigenvalue weighted by atomic mass is 9.89. The smallest absolute Gasteiger partial charge is 0.161 e. The molecule has 102 valence electrons. The van der Waals surface area contributed by atoms with Crippen molar-refractivity contribution < 1.29 is 4.39 Å². The number of thioether (sulfide) groups is 1. The molecule has 1 aliphatic carbocycles. The summed E-state index contributed by atoms with van der Waals surface area (Å²) in [6, 6.07) is 5.11. The molecule has 1 aliphatic heterocycles. The van der Waals surface area contributed by atoms with Gasteiger partial charge < -0.3 is 5.32 Å². The van der Waals surface area contributed by atoms with Crippen molar-refractivity contribution in [1.29, 1.82) is 0 Å². The molecule has 2 nitrogen and oxygen atoms in total. The third-order valence-electron chi connectivity index (χ3n) is 4.15. The van der Waals surface area contributed by atoms with Crippen molar-refractivity contribution in [3.8, 4) is 0 Å². The molecule has 1 heterocycles. The second-order valence-electron chi connectivity index (χ2n) is 5.71. The highest BCUT2D eigenvalue weighted by Crippen LogP contribution is 2.43. The number of amidine groups is 1. The lowest BCUT2D eigenvalue weighted by Crippen LogP contribution is -2.30. The predicted octanol–water partition coefficient (Wildman–Crippen LogP) is 4.21. The molecule has 0 aromatic heterocycles. The van der Waals surface area contributed by atoms with Gasteiger partial charge in [-0.2, -0.15) is 0 Å². The van der Waals surface area contributed by atoms with Crippen molar-refractivity contribution in [1.82, 2.24) is 0 Å². The topological polar surface area (TPSA) is 24.4 Å². The summed E-state index contributed by atoms with van der Waals surface area (Å²) in [4.78, 5) is 4.69. The minimum atomic E-state index is -0.159. The van der Waals surface area contributed by atoms with Gasteiger partial charge in [0.15, 0.2) is 5.17 Å². The first kappa shape index (κ1) is 13.0. The van der Waals surface area contributed by atoms with Crippen LogP contribution in [0.1, 0.15) is 31.2 Å². The molecule has 1 saturated carbocycles. The summed E-state index contributed by atoms with van der Waals surface area (Å²) in [5.41, 5.74) is 2.06. The fourth-order valence-corrected chi connectivity index (χ4v) is 4.07. The Labute approximate surface area is 117 Å². The van der Waals surface area contributed by atoms with Crippen molar-refractivity contribution >= 4 is 22.6 Å². The molecular formula is C15H19FN2S. The largest absolute Gasteiger partial charge is 0.335 e. The number of rotatable bonds is 1. The molecule has 1 spiro atoms. The van der Waals surface area contributed by atoms with Crippen LogP contribution in [0.4, 0.5) is 10.1 Å². The Bertz CT molecular complexity index is 507. The molecule has 1 N–H and O–H groups in total. The Hall–Kier alpha value is -1.03. The molecule has 4 heteroatoms. The Morgan fingerprint density at radius 2 is 2.11 bits per heavy atom. The second kappa shape index (κ2) is 5.16. The number of hydrogen-bond donors (Lipinski definition) is 1. The van der Waals surface area contributed by atoms with E-state index in [4.69, 9.17) is 0 Å². The van der Waals surface area contributed by atoms with Gasteiger partial charge in [-0.1, -0.05) is 24.6 Å². The highest BCUT2D eigenvalue weighted by molar-refractivity contribution is 8.14. The van der Waals surface area contributed by atoms with Crippen LogP contribution in [-0.2, 0) is 0 Å². The standard InChI is InChI=1S/C15H19FN2S/c1-11-8-12(4-5-13(11)16)18-14-17-9-15(10-19-14)6-2-3-7-15/h4-5,8H,2-3,6-7,9-10H2,1H3,(H,17,18). The Kier molecular flexibility index (Phi) is 3.52. The summed E-state index contributed by atoms with van der Waals surface area (Å²) >= 11 is 1.81. The number of aliphatic imine (C=N–C) groups is 1. The van der Waals surface area contributed by atoms with E-state index >= 15 is 0 Å². The van der Waals surface area contributed by atoms with E-state index < -0.39 is 0 Å². The fraction of sp³-hybridized carbons (Fsp3) is 0.533. The Morgan fingerprint density at radius 1 is 1.32 bits per heavy atom. The molecule has 1 fully saturated rings. The van der Waals surface area contributed by atoms with E-state index in [2.05, 4.69) is 10.3 Å². The quantitative estimate of drug-likeness (QED) is 0.832. The molecule has 0 atom stereocenters. The van der Waals surface area contributed by atoms with Gasteiger partial charge in [-0.25, -0.2) is 4.39 Å². The predicted molar refractivity (Wildman–Crippen MR) is 80.4 cm³/mol. The minimum absolute atomic E-state index is 0.159. The lowest BCUT2D eigenvalue weighted by Gasteiger charge is -2.31. The van der Waals surface area contributed by atoms with Gasteiger partial charge in [0.25, 0.3) is 0 Å². The molecule has 0 saturated heterocycles. The average Bonchev–Trinajstić information content (AvgIpc) is 2.86. The maximum absolute atomic E-state index is 13.2. The van der Waals surface area contributed by atoms with Crippen LogP contribution in [0, 0.1) is 18.2 Å². The van der Waals surface area contributed by atoms with Gasteiger partial charge in [-0.15, -0.1) is 0 Å². The summed E-state index contributed by atoms with van der Waals surface area (Å²) in [5.74, 6) is 1.01. The molecule has 19 heavy (non-hydrogen) atoms. The number of halogens is 1. The Balaban J connectivity index is 1.67. The molecule has 0 unspecified atom stereocenters. The van der Waals surface area contributed by atoms with Crippen molar-refractivity contribution in [2.24, 2.45) is 10.4 Å². The summed E-state index contributed by atoms with van der Waals surface area (Å²) in [6.45, 7) is 2.73. The van der Waals surface area contributed by atoms with Crippen LogP contribution in [0.25, 0.3) is 0 Å². The first-order valence-corrected chi connectivity index (χ1v) is 7.86. The molecule has 1 aromatic rings. The first-order chi connectivity index (χ1) is 9.17. The number of nitrogens with one attached hydrogen (secondary N) is 1. The van der Waals surface area contributed by atoms with Crippen molar-refractivity contribution in [3.05, 3.63) is 29.6 Å². The molecule has 1 aromatic carbocycles. The van der Waals surface area contributed by atoms with Crippen LogP contribution < -0.4 is 5.32 Å². The van der Waals surface area contributed by atoms with E-state index in [1.165, 1.54) is 37.5 Å². The molecule has 2 aliphatic rings. The minimum Gasteiger partial charge on any atom is -0.335 e. The summed E-state index contributed by atoms with van der Waals surface area (Å²) < 4.78 is 13.2. The first-order valence-electron chi connectivity index (χ1n) is 6.87. The monoisotopic (exact) mass is 278 g/mol. The number of anilines is 1. The van der Waals surface area contributed by atoms with Gasteiger partial charge in [0.2, 0.25) is 0 Å². The maximum atomic E-state index is 13.2. The normalized spacial score (nSPS) is 21.5. The molecule has 0 bridgehead atoms. The number of aryl methyl sites for hydroxylation is 1. The maximum Gasteiger partial charge on any atom is 0.161 e. The summed E-state index contributed by atoms with van der Waals surface area (Å²) in [5, 5.41) is 4.28. The van der Waals surface area contributed by atoms with Gasteiger partial charge in [-0.05, 0) is 48.9 Å². The zero-order chi connectivity index (χ0) is 13.3. The van der Waals surface area contributed by atoms with Crippen molar-refractivity contribution in [3.63, 3.8) is 0 Å². The van der Waals surface area contributed by atoms with Gasteiger partial charge >= 0.3 is 0 Å². The van der Waals surface area contributed by atoms with Gasteiger partial charge in [-0.3, -0.25) is 4.99 Å². The van der Waals surface area contributed by atoms with Crippen LogP contribution in [0.15, 0.2) is 23.2 Å². The van der Waals surface area contributed by atoms with E-state index in [1.807, 2.05) is 17.8 Å². The van der Waals surface area contributed by atoms with Crippen LogP contribution in [-0.4, -0.2) is 17.5 Å². The number of nitrogens with zero attached hydrogens (tertiary/aromatic N) is 1. The van der Waals surface area contributed by atoms with E-state index in [0.29, 0.717) is 11.0 Å². The third kappa shape index (κ3) is 2.78. The molecule has 0 radical (unpaired) electrons.